The first-order valence-electron chi connectivity index (χ1n) is 9.54. The molecule has 0 radical (unpaired) electrons. The van der Waals surface area contributed by atoms with Gasteiger partial charge in [-0.05, 0) is 19.3 Å². The Labute approximate surface area is 140 Å². The molecule has 0 aliphatic rings. The largest absolute Gasteiger partial charge is 0.503 e. The lowest BCUT2D eigenvalue weighted by Crippen LogP contribution is -2.49. The lowest BCUT2D eigenvalue weighted by atomic mass is 10.3. The van der Waals surface area contributed by atoms with E-state index in [1.165, 1.54) is 38.5 Å². The second-order valence-electron chi connectivity index (χ2n) is 6.42. The molecule has 0 aromatic rings. The first kappa shape index (κ1) is 22.1. The number of hydrogen-bond acceptors (Lipinski definition) is 3. The fourth-order valence-electron chi connectivity index (χ4n) is 2.32. The molecule has 0 saturated heterocycles. The van der Waals surface area contributed by atoms with E-state index in [0.29, 0.717) is 5.54 Å². The van der Waals surface area contributed by atoms with Gasteiger partial charge in [0.2, 0.25) is 0 Å². The van der Waals surface area contributed by atoms with Crippen molar-refractivity contribution in [3.63, 3.8) is 0 Å². The zero-order valence-electron chi connectivity index (χ0n) is 15.8. The van der Waals surface area contributed by atoms with Crippen LogP contribution in [0.1, 0.15) is 92.4 Å². The van der Waals surface area contributed by atoms with Crippen LogP contribution in [-0.4, -0.2) is 28.6 Å². The monoisotopic (exact) mass is 332 g/mol. The average molecular weight is 333 g/mol. The molecule has 0 fully saturated rings. The van der Waals surface area contributed by atoms with Gasteiger partial charge in [0.1, 0.15) is 0 Å². The molecule has 0 aliphatic heterocycles. The Kier molecular flexibility index (Phi) is 14.7. The zero-order chi connectivity index (χ0) is 16.7. The van der Waals surface area contributed by atoms with Crippen LogP contribution in [0.4, 0.5) is 0 Å². The first-order valence-corrected chi connectivity index (χ1v) is 11.3. The molecule has 0 aromatic carbocycles. The van der Waals surface area contributed by atoms with Gasteiger partial charge < -0.3 is 13.3 Å². The minimum atomic E-state index is -2.52. The molecule has 0 bridgehead atoms. The molecule has 0 saturated carbocycles. The van der Waals surface area contributed by atoms with E-state index in [9.17, 15) is 0 Å². The van der Waals surface area contributed by atoms with Gasteiger partial charge in [0, 0.05) is 25.4 Å². The highest BCUT2D eigenvalue weighted by Gasteiger charge is 2.44. The Hall–Kier alpha value is 0.0969. The summed E-state index contributed by atoms with van der Waals surface area (Å²) in [5, 5.41) is 0. The van der Waals surface area contributed by atoms with Crippen molar-refractivity contribution < 1.29 is 13.3 Å². The molecule has 22 heavy (non-hydrogen) atoms. The normalized spacial score (nSPS) is 12.3. The SMILES string of the molecule is CCCCCO[Si](OCCCCC)(OCCCCC)C(C)C. The lowest BCUT2D eigenvalue weighted by Gasteiger charge is -2.33. The van der Waals surface area contributed by atoms with Crippen molar-refractivity contribution in [3.8, 4) is 0 Å². The third kappa shape index (κ3) is 9.98. The van der Waals surface area contributed by atoms with Crippen LogP contribution in [0.15, 0.2) is 0 Å². The molecular formula is C18H40O3Si. The molecule has 134 valence electrons. The predicted molar refractivity (Wildman–Crippen MR) is 97.3 cm³/mol. The second-order valence-corrected chi connectivity index (χ2v) is 9.65. The fourth-order valence-corrected chi connectivity index (χ4v) is 4.86. The van der Waals surface area contributed by atoms with Crippen LogP contribution in [0.3, 0.4) is 0 Å². The lowest BCUT2D eigenvalue weighted by molar-refractivity contribution is 0.0488. The maximum Gasteiger partial charge on any atom is 0.503 e. The van der Waals surface area contributed by atoms with Gasteiger partial charge in [-0.15, -0.1) is 0 Å². The van der Waals surface area contributed by atoms with Gasteiger partial charge in [-0.2, -0.15) is 0 Å². The standard InChI is InChI=1S/C18H40O3Si/c1-6-9-12-15-19-22(18(4)5,20-16-13-10-7-2)21-17-14-11-8-3/h18H,6-17H2,1-5H3. The van der Waals surface area contributed by atoms with E-state index in [2.05, 4.69) is 34.6 Å². The summed E-state index contributed by atoms with van der Waals surface area (Å²) in [5.74, 6) is 0. The summed E-state index contributed by atoms with van der Waals surface area (Å²) in [4.78, 5) is 0. The zero-order valence-corrected chi connectivity index (χ0v) is 16.8. The molecule has 3 nitrogen and oxygen atoms in total. The molecule has 0 amide bonds. The van der Waals surface area contributed by atoms with Gasteiger partial charge in [-0.1, -0.05) is 73.1 Å². The van der Waals surface area contributed by atoms with Crippen molar-refractivity contribution in [1.29, 1.82) is 0 Å². The number of hydrogen-bond donors (Lipinski definition) is 0. The summed E-state index contributed by atoms with van der Waals surface area (Å²) in [6, 6.07) is 0. The van der Waals surface area contributed by atoms with Gasteiger partial charge in [-0.25, -0.2) is 0 Å². The molecule has 0 aliphatic carbocycles. The van der Waals surface area contributed by atoms with Crippen molar-refractivity contribution in [3.05, 3.63) is 0 Å². The molecule has 0 aromatic heterocycles. The highest BCUT2D eigenvalue weighted by atomic mass is 28.4. The van der Waals surface area contributed by atoms with E-state index in [0.717, 1.165) is 39.1 Å². The first-order chi connectivity index (χ1) is 10.6. The molecule has 0 heterocycles. The predicted octanol–water partition coefficient (Wildman–Crippen LogP) is 5.96. The van der Waals surface area contributed by atoms with E-state index >= 15 is 0 Å². The quantitative estimate of drug-likeness (QED) is 0.258. The van der Waals surface area contributed by atoms with Crippen molar-refractivity contribution in [2.45, 2.75) is 97.9 Å². The summed E-state index contributed by atoms with van der Waals surface area (Å²) in [5.41, 5.74) is 0.331. The molecular weight excluding hydrogens is 292 g/mol. The van der Waals surface area contributed by atoms with Crippen molar-refractivity contribution in [2.75, 3.05) is 19.8 Å². The van der Waals surface area contributed by atoms with E-state index < -0.39 is 8.80 Å². The van der Waals surface area contributed by atoms with Gasteiger partial charge in [0.05, 0.1) is 0 Å². The highest BCUT2D eigenvalue weighted by molar-refractivity contribution is 6.62. The summed E-state index contributed by atoms with van der Waals surface area (Å²) >= 11 is 0. The third-order valence-corrected chi connectivity index (χ3v) is 7.09. The highest BCUT2D eigenvalue weighted by Crippen LogP contribution is 2.26. The van der Waals surface area contributed by atoms with E-state index in [1.807, 2.05) is 0 Å². The Morgan fingerprint density at radius 3 is 1.14 bits per heavy atom. The van der Waals surface area contributed by atoms with E-state index in [4.69, 9.17) is 13.3 Å². The van der Waals surface area contributed by atoms with Crippen LogP contribution in [0.2, 0.25) is 5.54 Å². The third-order valence-electron chi connectivity index (χ3n) is 3.86. The van der Waals surface area contributed by atoms with Crippen molar-refractivity contribution >= 4 is 8.80 Å². The minimum absolute atomic E-state index is 0.331. The van der Waals surface area contributed by atoms with E-state index in [-0.39, 0.29) is 0 Å². The Morgan fingerprint density at radius 1 is 0.591 bits per heavy atom. The van der Waals surface area contributed by atoms with Crippen LogP contribution >= 0.6 is 0 Å². The van der Waals surface area contributed by atoms with Crippen LogP contribution in [-0.2, 0) is 13.3 Å². The Bertz CT molecular complexity index is 203. The smallest absolute Gasteiger partial charge is 0.373 e. The summed E-state index contributed by atoms with van der Waals surface area (Å²) < 4.78 is 18.7. The number of unbranched alkanes of at least 4 members (excludes halogenated alkanes) is 6. The van der Waals surface area contributed by atoms with Crippen LogP contribution in [0.5, 0.6) is 0 Å². The van der Waals surface area contributed by atoms with Gasteiger partial charge in [0.25, 0.3) is 0 Å². The Morgan fingerprint density at radius 2 is 0.909 bits per heavy atom. The fraction of sp³-hybridized carbons (Fsp3) is 1.00. The molecule has 0 unspecified atom stereocenters. The summed E-state index contributed by atoms with van der Waals surface area (Å²) in [6.07, 6.45) is 10.6. The number of rotatable bonds is 16. The maximum absolute atomic E-state index is 6.25. The average Bonchev–Trinajstić information content (AvgIpc) is 2.51. The van der Waals surface area contributed by atoms with Crippen LogP contribution < -0.4 is 0 Å². The second kappa shape index (κ2) is 14.7. The van der Waals surface area contributed by atoms with Crippen LogP contribution in [0.25, 0.3) is 0 Å². The summed E-state index contributed by atoms with van der Waals surface area (Å²) in [7, 11) is -2.52. The van der Waals surface area contributed by atoms with Gasteiger partial charge in [0.15, 0.2) is 0 Å². The van der Waals surface area contributed by atoms with E-state index in [1.54, 1.807) is 0 Å². The Balaban J connectivity index is 4.48. The minimum Gasteiger partial charge on any atom is -0.373 e. The van der Waals surface area contributed by atoms with Gasteiger partial charge in [-0.3, -0.25) is 0 Å². The molecule has 0 rings (SSSR count). The van der Waals surface area contributed by atoms with Gasteiger partial charge >= 0.3 is 8.80 Å². The topological polar surface area (TPSA) is 27.7 Å². The van der Waals surface area contributed by atoms with Crippen molar-refractivity contribution in [2.24, 2.45) is 0 Å². The summed E-state index contributed by atoms with van der Waals surface area (Å²) in [6.45, 7) is 13.4. The molecule has 0 N–H and O–H groups in total. The maximum atomic E-state index is 6.25. The molecule has 0 spiro atoms. The van der Waals surface area contributed by atoms with Crippen LogP contribution in [0, 0.1) is 0 Å². The molecule has 4 heteroatoms. The van der Waals surface area contributed by atoms with Crippen molar-refractivity contribution in [1.82, 2.24) is 0 Å². The molecule has 0 atom stereocenters.